The summed E-state index contributed by atoms with van der Waals surface area (Å²) in [5.74, 6) is 0. The van der Waals surface area contributed by atoms with E-state index >= 15 is 0 Å². The van der Waals surface area contributed by atoms with Crippen molar-refractivity contribution >= 4 is 38.9 Å². The average molecular weight is 803 g/mol. The van der Waals surface area contributed by atoms with Crippen LogP contribution in [0.1, 0.15) is 22.3 Å². The molecule has 0 fully saturated rings. The number of rotatable bonds is 8. The molecule has 1 aliphatic carbocycles. The van der Waals surface area contributed by atoms with E-state index < -0.39 is 5.41 Å². The fourth-order valence-electron chi connectivity index (χ4n) is 10.4. The van der Waals surface area contributed by atoms with Gasteiger partial charge >= 0.3 is 0 Å². The van der Waals surface area contributed by atoms with Gasteiger partial charge in [-0.05, 0) is 105 Å². The van der Waals surface area contributed by atoms with E-state index in [-0.39, 0.29) is 0 Å². The summed E-state index contributed by atoms with van der Waals surface area (Å²) in [6.07, 6.45) is 0. The second kappa shape index (κ2) is 15.1. The van der Waals surface area contributed by atoms with E-state index in [1.165, 1.54) is 71.9 Å². The van der Waals surface area contributed by atoms with Gasteiger partial charge in [-0.3, -0.25) is 0 Å². The standard InChI is InChI=1S/C61H42N2/c1-5-20-43(21-6-1)45-24-19-27-47(40-45)61(46-25-9-3-10-26-46)56-33-16-13-31-52(56)53-38-36-49(41-57(53)61)62(48-28-11-4-12-29-48)50-37-39-55-54-32-15-18-35-59(54)63(60(55)42-50)58-34-17-14-30-51(58)44-22-7-2-8-23-44/h1-42H. The van der Waals surface area contributed by atoms with Gasteiger partial charge in [0.15, 0.2) is 0 Å². The van der Waals surface area contributed by atoms with Gasteiger partial charge in [-0.2, -0.15) is 0 Å². The molecule has 1 heterocycles. The minimum Gasteiger partial charge on any atom is -0.310 e. The largest absolute Gasteiger partial charge is 0.310 e. The van der Waals surface area contributed by atoms with Gasteiger partial charge in [0, 0.05) is 33.4 Å². The molecule has 1 aliphatic rings. The maximum Gasteiger partial charge on any atom is 0.0714 e. The van der Waals surface area contributed by atoms with Crippen LogP contribution in [0.2, 0.25) is 0 Å². The Morgan fingerprint density at radius 3 is 1.65 bits per heavy atom. The van der Waals surface area contributed by atoms with E-state index in [4.69, 9.17) is 0 Å². The Kier molecular flexibility index (Phi) is 8.76. The molecular weight excluding hydrogens is 761 g/mol. The molecule has 2 heteroatoms. The summed E-state index contributed by atoms with van der Waals surface area (Å²) in [5.41, 5.74) is 18.5. The zero-order valence-electron chi connectivity index (χ0n) is 34.6. The molecule has 10 aromatic carbocycles. The zero-order valence-corrected chi connectivity index (χ0v) is 34.6. The van der Waals surface area contributed by atoms with Crippen LogP contribution in [0.4, 0.5) is 17.1 Å². The van der Waals surface area contributed by atoms with Crippen molar-refractivity contribution in [3.8, 4) is 39.1 Å². The van der Waals surface area contributed by atoms with Gasteiger partial charge in [0.05, 0.1) is 22.1 Å². The topological polar surface area (TPSA) is 8.17 Å². The van der Waals surface area contributed by atoms with E-state index in [1.807, 2.05) is 0 Å². The maximum atomic E-state index is 2.47. The van der Waals surface area contributed by atoms with Gasteiger partial charge in [-0.1, -0.05) is 200 Å². The predicted octanol–water partition coefficient (Wildman–Crippen LogP) is 16.0. The van der Waals surface area contributed by atoms with Gasteiger partial charge in [0.1, 0.15) is 0 Å². The fraction of sp³-hybridized carbons (Fsp3) is 0.0164. The highest BCUT2D eigenvalue weighted by Gasteiger charge is 2.46. The summed E-state index contributed by atoms with van der Waals surface area (Å²) in [6, 6.07) is 93.4. The first kappa shape index (κ1) is 36.6. The van der Waals surface area contributed by atoms with E-state index in [1.54, 1.807) is 0 Å². The van der Waals surface area contributed by atoms with Crippen molar-refractivity contribution in [2.24, 2.45) is 0 Å². The Morgan fingerprint density at radius 2 is 0.857 bits per heavy atom. The lowest BCUT2D eigenvalue weighted by atomic mass is 9.67. The minimum atomic E-state index is -0.576. The second-order valence-electron chi connectivity index (χ2n) is 16.4. The van der Waals surface area contributed by atoms with E-state index in [0.717, 1.165) is 28.3 Å². The van der Waals surface area contributed by atoms with Gasteiger partial charge in [0.2, 0.25) is 0 Å². The lowest BCUT2D eigenvalue weighted by Gasteiger charge is -2.35. The molecule has 1 aromatic heterocycles. The van der Waals surface area contributed by atoms with Crippen molar-refractivity contribution in [2.45, 2.75) is 5.41 Å². The molecule has 0 saturated carbocycles. The molecule has 1 atom stereocenters. The molecule has 0 bridgehead atoms. The van der Waals surface area contributed by atoms with Crippen LogP contribution in [0, 0.1) is 0 Å². The smallest absolute Gasteiger partial charge is 0.0714 e. The Balaban J connectivity index is 1.11. The summed E-state index contributed by atoms with van der Waals surface area (Å²) in [6.45, 7) is 0. The van der Waals surface area contributed by atoms with Crippen molar-refractivity contribution in [2.75, 3.05) is 4.90 Å². The summed E-state index contributed by atoms with van der Waals surface area (Å²) in [7, 11) is 0. The van der Waals surface area contributed by atoms with E-state index in [0.29, 0.717) is 0 Å². The number of benzene rings is 10. The molecule has 0 radical (unpaired) electrons. The molecule has 0 saturated heterocycles. The second-order valence-corrected chi connectivity index (χ2v) is 16.4. The summed E-state index contributed by atoms with van der Waals surface area (Å²) < 4.78 is 2.46. The Bertz CT molecular complexity index is 3440. The maximum absolute atomic E-state index is 2.47. The van der Waals surface area contributed by atoms with Crippen molar-refractivity contribution in [1.82, 2.24) is 4.57 Å². The van der Waals surface area contributed by atoms with Crippen molar-refractivity contribution < 1.29 is 0 Å². The van der Waals surface area contributed by atoms with Crippen molar-refractivity contribution in [3.63, 3.8) is 0 Å². The molecule has 1 unspecified atom stereocenters. The molecule has 0 aliphatic heterocycles. The van der Waals surface area contributed by atoms with E-state index in [9.17, 15) is 0 Å². The number of hydrogen-bond donors (Lipinski definition) is 0. The molecule has 11 aromatic rings. The van der Waals surface area contributed by atoms with E-state index in [2.05, 4.69) is 264 Å². The lowest BCUT2D eigenvalue weighted by molar-refractivity contribution is 0.769. The van der Waals surface area contributed by atoms with Crippen molar-refractivity contribution in [3.05, 3.63) is 277 Å². The van der Waals surface area contributed by atoms with Gasteiger partial charge in [0.25, 0.3) is 0 Å². The Morgan fingerprint density at radius 1 is 0.302 bits per heavy atom. The van der Waals surface area contributed by atoms with Crippen LogP contribution in [-0.2, 0) is 5.41 Å². The third kappa shape index (κ3) is 5.87. The summed E-state index contributed by atoms with van der Waals surface area (Å²) in [5, 5.41) is 2.45. The number of para-hydroxylation sites is 3. The summed E-state index contributed by atoms with van der Waals surface area (Å²) >= 11 is 0. The summed E-state index contributed by atoms with van der Waals surface area (Å²) in [4.78, 5) is 2.43. The molecule has 0 N–H and O–H groups in total. The molecule has 2 nitrogen and oxygen atoms in total. The first-order chi connectivity index (χ1) is 31.3. The van der Waals surface area contributed by atoms with Crippen LogP contribution in [0.3, 0.4) is 0 Å². The van der Waals surface area contributed by atoms with Crippen LogP contribution in [0.25, 0.3) is 60.9 Å². The van der Waals surface area contributed by atoms with Crippen LogP contribution >= 0.6 is 0 Å². The highest BCUT2D eigenvalue weighted by atomic mass is 15.1. The SMILES string of the molecule is c1ccc(-c2cccc(C3(c4ccccc4)c4ccccc4-c4ccc(N(c5ccccc5)c5ccc6c7ccccc7n(-c7ccccc7-c7ccccc7)c6c5)cc43)c2)cc1. The minimum absolute atomic E-state index is 0.576. The number of fused-ring (bicyclic) bond motifs is 6. The molecule has 0 spiro atoms. The Labute approximate surface area is 368 Å². The van der Waals surface area contributed by atoms with Gasteiger partial charge in [-0.15, -0.1) is 0 Å². The molecule has 63 heavy (non-hydrogen) atoms. The van der Waals surface area contributed by atoms with Crippen LogP contribution in [0.15, 0.2) is 255 Å². The molecule has 12 rings (SSSR count). The average Bonchev–Trinajstić information content (AvgIpc) is 3.85. The molecule has 0 amide bonds. The fourth-order valence-corrected chi connectivity index (χ4v) is 10.4. The molecular formula is C61H42N2. The monoisotopic (exact) mass is 802 g/mol. The normalized spacial score (nSPS) is 14.1. The lowest BCUT2D eigenvalue weighted by Crippen LogP contribution is -2.29. The number of hydrogen-bond acceptors (Lipinski definition) is 1. The number of aromatic nitrogens is 1. The quantitative estimate of drug-likeness (QED) is 0.149. The van der Waals surface area contributed by atoms with Gasteiger partial charge < -0.3 is 9.47 Å². The highest BCUT2D eigenvalue weighted by molar-refractivity contribution is 6.11. The van der Waals surface area contributed by atoms with Crippen molar-refractivity contribution in [1.29, 1.82) is 0 Å². The zero-order chi connectivity index (χ0) is 41.7. The first-order valence-corrected chi connectivity index (χ1v) is 21.8. The third-order valence-electron chi connectivity index (χ3n) is 13.1. The third-order valence-corrected chi connectivity index (χ3v) is 13.1. The van der Waals surface area contributed by atoms with Crippen LogP contribution < -0.4 is 4.90 Å². The number of nitrogens with zero attached hydrogens (tertiary/aromatic N) is 2. The Hall–Kier alpha value is -8.20. The first-order valence-electron chi connectivity index (χ1n) is 21.8. The highest BCUT2D eigenvalue weighted by Crippen LogP contribution is 2.57. The molecule has 296 valence electrons. The number of anilines is 3. The predicted molar refractivity (Wildman–Crippen MR) is 264 cm³/mol. The van der Waals surface area contributed by atoms with Crippen LogP contribution in [-0.4, -0.2) is 4.57 Å². The van der Waals surface area contributed by atoms with Crippen LogP contribution in [0.5, 0.6) is 0 Å². The van der Waals surface area contributed by atoms with Gasteiger partial charge in [-0.25, -0.2) is 0 Å².